The molecule has 3 N–H and O–H groups in total. The van der Waals surface area contributed by atoms with Gasteiger partial charge < -0.3 is 34.3 Å². The smallest absolute Gasteiger partial charge is 0.127 e. The van der Waals surface area contributed by atoms with Crippen LogP contribution in [0.2, 0.25) is 5.02 Å². The maximum absolute atomic E-state index is 10.7. The summed E-state index contributed by atoms with van der Waals surface area (Å²) in [4.78, 5) is 0. The number of ether oxygens (including phenoxy) is 4. The van der Waals surface area contributed by atoms with Gasteiger partial charge in [-0.2, -0.15) is 0 Å². The normalized spacial score (nSPS) is 27.6. The number of halogens is 1. The number of rotatable bonds is 4. The lowest BCUT2D eigenvalue weighted by Crippen LogP contribution is -2.55. The number of benzene rings is 2. The van der Waals surface area contributed by atoms with Crippen LogP contribution < -0.4 is 9.47 Å². The van der Waals surface area contributed by atoms with Crippen molar-refractivity contribution in [1.29, 1.82) is 0 Å². The molecule has 2 bridgehead atoms. The number of fused-ring (bicyclic) bond motifs is 4. The lowest BCUT2D eigenvalue weighted by Gasteiger charge is -2.41. The first-order valence-electron chi connectivity index (χ1n) is 11.1. The predicted octanol–water partition coefficient (Wildman–Crippen LogP) is 2.82. The molecule has 0 saturated carbocycles. The molecule has 2 heterocycles. The maximum atomic E-state index is 10.7. The third-order valence-corrected chi connectivity index (χ3v) is 6.18. The van der Waals surface area contributed by atoms with Gasteiger partial charge in [0.1, 0.15) is 48.6 Å². The van der Waals surface area contributed by atoms with Gasteiger partial charge in [0.15, 0.2) is 0 Å². The first-order chi connectivity index (χ1) is 16.0. The molecule has 5 atom stereocenters. The second kappa shape index (κ2) is 10.9. The minimum absolute atomic E-state index is 0.0780. The second-order valence-corrected chi connectivity index (χ2v) is 8.53. The fourth-order valence-corrected chi connectivity index (χ4v) is 4.28. The summed E-state index contributed by atoms with van der Waals surface area (Å²) in [6.07, 6.45) is -1.58. The molecule has 1 fully saturated rings. The molecule has 4 rings (SSSR count). The van der Waals surface area contributed by atoms with E-state index in [0.717, 1.165) is 16.9 Å². The Hall–Kier alpha value is -2.13. The summed E-state index contributed by atoms with van der Waals surface area (Å²) in [6.45, 7) is 3.21. The van der Waals surface area contributed by atoms with Crippen LogP contribution in [0.5, 0.6) is 11.5 Å². The average molecular weight is 477 g/mol. The molecule has 0 spiro atoms. The summed E-state index contributed by atoms with van der Waals surface area (Å²) < 4.78 is 23.0. The maximum Gasteiger partial charge on any atom is 0.127 e. The van der Waals surface area contributed by atoms with Crippen LogP contribution >= 0.6 is 11.6 Å². The summed E-state index contributed by atoms with van der Waals surface area (Å²) in [5, 5.41) is 32.1. The average Bonchev–Trinajstić information content (AvgIpc) is 2.80. The highest BCUT2D eigenvalue weighted by molar-refractivity contribution is 6.31. The zero-order valence-corrected chi connectivity index (χ0v) is 19.1. The zero-order valence-electron chi connectivity index (χ0n) is 18.4. The number of hydrogen-bond donors (Lipinski definition) is 3. The minimum Gasteiger partial charge on any atom is -0.494 e. The first kappa shape index (κ1) is 24.0. The van der Waals surface area contributed by atoms with E-state index in [9.17, 15) is 15.3 Å². The number of aliphatic hydroxyl groups excluding tert-OH is 3. The van der Waals surface area contributed by atoms with E-state index in [-0.39, 0.29) is 13.2 Å². The quantitative estimate of drug-likeness (QED) is 0.584. The molecule has 33 heavy (non-hydrogen) atoms. The summed E-state index contributed by atoms with van der Waals surface area (Å²) in [5.41, 5.74) is 2.40. The van der Waals surface area contributed by atoms with Crippen molar-refractivity contribution in [2.75, 3.05) is 26.4 Å². The fraction of sp³-hybridized carbons (Fsp3) is 0.440. The molecule has 1 saturated heterocycles. The van der Waals surface area contributed by atoms with Gasteiger partial charge in [0, 0.05) is 10.6 Å². The van der Waals surface area contributed by atoms with Crippen LogP contribution in [0.1, 0.15) is 29.7 Å². The molecule has 2 aliphatic heterocycles. The second-order valence-electron chi connectivity index (χ2n) is 8.12. The predicted molar refractivity (Wildman–Crippen MR) is 123 cm³/mol. The van der Waals surface area contributed by atoms with E-state index in [4.69, 9.17) is 30.5 Å². The molecule has 0 unspecified atom stereocenters. The van der Waals surface area contributed by atoms with E-state index in [2.05, 4.69) is 0 Å². The lowest BCUT2D eigenvalue weighted by atomic mass is 9.89. The van der Waals surface area contributed by atoms with Crippen LogP contribution in [-0.2, 0) is 15.9 Å². The molecule has 0 aliphatic carbocycles. The largest absolute Gasteiger partial charge is 0.494 e. The standard InChI is InChI=1S/C25H29ClO7/c1-2-31-17-7-5-15(6-8-17)11-16-12-18-20(13-19(16)26)32-10-4-3-9-30-14-21-22(27)23(28)24(29)25(18)33-21/h3-8,12-13,21-25,27-29H,2,9-11,14H2,1H3/t21-,22-,23+,24-,25+/m1/s1. The summed E-state index contributed by atoms with van der Waals surface area (Å²) >= 11 is 6.60. The van der Waals surface area contributed by atoms with Gasteiger partial charge in [0.2, 0.25) is 0 Å². The highest BCUT2D eigenvalue weighted by Crippen LogP contribution is 2.40. The van der Waals surface area contributed by atoms with Crippen LogP contribution in [0.15, 0.2) is 48.6 Å². The lowest BCUT2D eigenvalue weighted by molar-refractivity contribution is -0.234. The van der Waals surface area contributed by atoms with Crippen molar-refractivity contribution >= 4 is 11.6 Å². The van der Waals surface area contributed by atoms with Gasteiger partial charge in [0.25, 0.3) is 0 Å². The highest BCUT2D eigenvalue weighted by atomic mass is 35.5. The van der Waals surface area contributed by atoms with Crippen LogP contribution in [0, 0.1) is 0 Å². The van der Waals surface area contributed by atoms with Crippen molar-refractivity contribution in [3.8, 4) is 11.5 Å². The summed E-state index contributed by atoms with van der Waals surface area (Å²) in [5.74, 6) is 1.25. The Bertz CT molecular complexity index is 962. The van der Waals surface area contributed by atoms with E-state index in [0.29, 0.717) is 36.0 Å². The van der Waals surface area contributed by atoms with Gasteiger partial charge in [-0.05, 0) is 54.8 Å². The van der Waals surface area contributed by atoms with Gasteiger partial charge in [-0.15, -0.1) is 0 Å². The SMILES string of the molecule is CCOc1ccc(Cc2cc3c(cc2Cl)OCC=CCOC[C@H]2O[C@@H]3[C@H](O)[C@@H](O)[C@@H]2O)cc1. The Labute approximate surface area is 198 Å². The molecule has 178 valence electrons. The van der Waals surface area contributed by atoms with Crippen molar-refractivity contribution in [3.63, 3.8) is 0 Å². The fourth-order valence-electron chi connectivity index (χ4n) is 4.06. The Morgan fingerprint density at radius 2 is 1.76 bits per heavy atom. The van der Waals surface area contributed by atoms with Gasteiger partial charge in [-0.25, -0.2) is 0 Å². The zero-order chi connectivity index (χ0) is 23.4. The van der Waals surface area contributed by atoms with Gasteiger partial charge in [-0.3, -0.25) is 0 Å². The molecule has 0 amide bonds. The number of aliphatic hydroxyl groups is 3. The van der Waals surface area contributed by atoms with Crippen molar-refractivity contribution in [3.05, 3.63) is 70.3 Å². The number of hydrogen-bond acceptors (Lipinski definition) is 7. The topological polar surface area (TPSA) is 97.6 Å². The summed E-state index contributed by atoms with van der Waals surface area (Å²) in [7, 11) is 0. The molecular formula is C25H29ClO7. The molecular weight excluding hydrogens is 448 g/mol. The Kier molecular flexibility index (Phi) is 7.90. The van der Waals surface area contributed by atoms with E-state index in [1.807, 2.05) is 43.3 Å². The monoisotopic (exact) mass is 476 g/mol. The summed E-state index contributed by atoms with van der Waals surface area (Å²) in [6, 6.07) is 11.3. The Morgan fingerprint density at radius 1 is 1.00 bits per heavy atom. The van der Waals surface area contributed by atoms with Crippen molar-refractivity contribution < 1.29 is 34.3 Å². The minimum atomic E-state index is -1.39. The van der Waals surface area contributed by atoms with Crippen molar-refractivity contribution in [2.24, 2.45) is 0 Å². The van der Waals surface area contributed by atoms with Crippen molar-refractivity contribution in [1.82, 2.24) is 0 Å². The first-order valence-corrected chi connectivity index (χ1v) is 11.4. The van der Waals surface area contributed by atoms with E-state index in [1.165, 1.54) is 0 Å². The van der Waals surface area contributed by atoms with Crippen LogP contribution in [0.3, 0.4) is 0 Å². The van der Waals surface area contributed by atoms with Gasteiger partial charge in [-0.1, -0.05) is 29.8 Å². The van der Waals surface area contributed by atoms with E-state index >= 15 is 0 Å². The van der Waals surface area contributed by atoms with Crippen molar-refractivity contribution in [2.45, 2.75) is 43.9 Å². The Balaban J connectivity index is 1.69. The highest BCUT2D eigenvalue weighted by Gasteiger charge is 2.45. The molecule has 7 nitrogen and oxygen atoms in total. The van der Waals surface area contributed by atoms with E-state index < -0.39 is 30.5 Å². The third-order valence-electron chi connectivity index (χ3n) is 5.82. The molecule has 2 aromatic rings. The molecule has 0 radical (unpaired) electrons. The van der Waals surface area contributed by atoms with E-state index in [1.54, 1.807) is 12.1 Å². The van der Waals surface area contributed by atoms with Crippen LogP contribution in [-0.4, -0.2) is 66.2 Å². The van der Waals surface area contributed by atoms with Crippen LogP contribution in [0.25, 0.3) is 0 Å². The molecule has 0 aromatic heterocycles. The molecule has 8 heteroatoms. The Morgan fingerprint density at radius 3 is 2.52 bits per heavy atom. The third kappa shape index (κ3) is 5.51. The molecule has 2 aromatic carbocycles. The van der Waals surface area contributed by atoms with Crippen LogP contribution in [0.4, 0.5) is 0 Å². The van der Waals surface area contributed by atoms with Gasteiger partial charge in [0.05, 0.1) is 19.8 Å². The molecule has 2 aliphatic rings. The van der Waals surface area contributed by atoms with Gasteiger partial charge >= 0.3 is 0 Å².